The molecule has 0 spiro atoms. The number of para-hydroxylation sites is 5. The monoisotopic (exact) mass is 1230 g/mol. The molecule has 0 saturated carbocycles. The minimum Gasteiger partial charge on any atom is -0.509 e. The van der Waals surface area contributed by atoms with E-state index in [2.05, 4.69) is 286 Å². The predicted octanol–water partition coefficient (Wildman–Crippen LogP) is 19.7. The van der Waals surface area contributed by atoms with Gasteiger partial charge in [0, 0.05) is 94.4 Å². The zero-order valence-corrected chi connectivity index (χ0v) is 48.2. The molecule has 6 nitrogen and oxygen atoms in total. The Labute approximate surface area is 487 Å². The molecule has 10 aromatic carbocycles. The Hall–Kier alpha value is -8.96. The van der Waals surface area contributed by atoms with Crippen LogP contribution in [0.4, 0.5) is 22.7 Å². The van der Waals surface area contributed by atoms with Crippen molar-refractivity contribution in [2.24, 2.45) is 0 Å². The second kappa shape index (κ2) is 19.1. The summed E-state index contributed by atoms with van der Waals surface area (Å²) >= 11 is 0. The Balaban J connectivity index is 0.00000589. The van der Waals surface area contributed by atoms with Crippen LogP contribution in [0.1, 0.15) is 52.7 Å². The molecule has 0 saturated heterocycles. The van der Waals surface area contributed by atoms with Gasteiger partial charge in [-0.05, 0) is 92.1 Å². The van der Waals surface area contributed by atoms with Crippen LogP contribution in [0.25, 0.3) is 99.6 Å². The van der Waals surface area contributed by atoms with Crippen molar-refractivity contribution < 1.29 is 25.8 Å². The number of rotatable bonds is 7. The number of hydrogen-bond donors (Lipinski definition) is 0. The van der Waals surface area contributed by atoms with Crippen LogP contribution in [0, 0.1) is 18.8 Å². The number of hydrogen-bond acceptors (Lipinski definition) is 4. The number of fused-ring (bicyclic) bond motifs is 13. The Morgan fingerprint density at radius 2 is 1.07 bits per heavy atom. The number of ether oxygens (including phenoxy) is 1. The van der Waals surface area contributed by atoms with Gasteiger partial charge in [0.2, 0.25) is 0 Å². The van der Waals surface area contributed by atoms with Crippen LogP contribution < -0.4 is 14.5 Å². The van der Waals surface area contributed by atoms with Crippen molar-refractivity contribution in [1.29, 1.82) is 0 Å². The third-order valence-electron chi connectivity index (χ3n) is 16.3. The number of pyridine rings is 1. The number of nitrogens with zero attached hydrogens (tertiary/aromatic N) is 5. The zero-order chi connectivity index (χ0) is 54.0. The average molecular weight is 1230 g/mol. The van der Waals surface area contributed by atoms with E-state index in [9.17, 15) is 0 Å². The smallest absolute Gasteiger partial charge is 0.135 e. The van der Waals surface area contributed by atoms with E-state index in [1.807, 2.05) is 18.3 Å². The van der Waals surface area contributed by atoms with E-state index >= 15 is 0 Å². The van der Waals surface area contributed by atoms with E-state index < -0.39 is 0 Å². The van der Waals surface area contributed by atoms with Gasteiger partial charge in [0.25, 0.3) is 0 Å². The van der Waals surface area contributed by atoms with Crippen LogP contribution in [0.3, 0.4) is 0 Å². The average Bonchev–Trinajstić information content (AvgIpc) is 3.10. The van der Waals surface area contributed by atoms with Crippen LogP contribution >= 0.6 is 0 Å². The van der Waals surface area contributed by atoms with Gasteiger partial charge < -0.3 is 23.7 Å². The minimum absolute atomic E-state index is 0. The van der Waals surface area contributed by atoms with Gasteiger partial charge in [-0.2, -0.15) is 12.1 Å². The fraction of sp³-hybridized carbons (Fsp3) is 0.108. The standard InChI is InChI=1S/C74H56N5O.Pt/c1-73(2,3)49-23-16-22-48(42-49)55-30-18-29-54(47-20-8-7-9-21-47)71(55)77-46-76(63-34-14-15-35-64(63)77)51-24-17-25-52(44-51)80-53-36-37-61-67(45-53)78(68-43-50(40-41-75-68)74(4,5)6)65-38-39-66-69(70(61)65)58-28-11-10-26-56(58)59-31-19-32-60-57-27-12-13-33-62(57)79(66)72(59)60;/h7-43,46H,1-6H3;/q-3;. The number of benzene rings is 10. The van der Waals surface area contributed by atoms with Gasteiger partial charge in [-0.3, -0.25) is 0 Å². The first kappa shape index (κ1) is 50.3. The van der Waals surface area contributed by atoms with Gasteiger partial charge in [0.15, 0.2) is 0 Å². The second-order valence-electron chi connectivity index (χ2n) is 23.3. The molecule has 396 valence electrons. The molecule has 13 aromatic rings. The summed E-state index contributed by atoms with van der Waals surface area (Å²) in [5, 5.41) is 4.67. The van der Waals surface area contributed by atoms with E-state index in [0.717, 1.165) is 72.8 Å². The fourth-order valence-corrected chi connectivity index (χ4v) is 12.5. The number of anilines is 4. The van der Waals surface area contributed by atoms with E-state index in [4.69, 9.17) is 9.72 Å². The summed E-state index contributed by atoms with van der Waals surface area (Å²) in [6, 6.07) is 86.3. The van der Waals surface area contributed by atoms with Crippen molar-refractivity contribution >= 4 is 66.4 Å². The summed E-state index contributed by atoms with van der Waals surface area (Å²) in [6.07, 6.45) is 1.94. The molecular weight excluding hydrogens is 1170 g/mol. The summed E-state index contributed by atoms with van der Waals surface area (Å²) in [5.41, 5.74) is 21.3. The van der Waals surface area contributed by atoms with Gasteiger partial charge in [0.05, 0.1) is 16.7 Å². The van der Waals surface area contributed by atoms with Crippen molar-refractivity contribution in [2.45, 2.75) is 52.4 Å². The molecule has 15 rings (SSSR count). The van der Waals surface area contributed by atoms with Crippen molar-refractivity contribution in [2.75, 3.05) is 9.80 Å². The summed E-state index contributed by atoms with van der Waals surface area (Å²) in [7, 11) is 0. The molecule has 0 unspecified atom stereocenters. The molecule has 2 aliphatic heterocycles. The molecule has 0 atom stereocenters. The maximum absolute atomic E-state index is 6.95. The Morgan fingerprint density at radius 1 is 0.444 bits per heavy atom. The normalized spacial score (nSPS) is 12.9. The largest absolute Gasteiger partial charge is 0.509 e. The van der Waals surface area contributed by atoms with Crippen molar-refractivity contribution in [3.05, 3.63) is 255 Å². The van der Waals surface area contributed by atoms with Gasteiger partial charge in [0.1, 0.15) is 5.82 Å². The van der Waals surface area contributed by atoms with Crippen LogP contribution in [0.5, 0.6) is 11.5 Å². The van der Waals surface area contributed by atoms with E-state index in [1.165, 1.54) is 60.8 Å². The molecule has 0 bridgehead atoms. The molecule has 5 heterocycles. The Bertz CT molecular complexity index is 4650. The molecule has 0 fully saturated rings. The minimum atomic E-state index is -0.103. The molecule has 3 aromatic heterocycles. The van der Waals surface area contributed by atoms with Crippen LogP contribution in [-0.4, -0.2) is 14.1 Å². The maximum atomic E-state index is 6.95. The molecule has 0 radical (unpaired) electrons. The molecule has 7 heteroatoms. The quantitative estimate of drug-likeness (QED) is 0.149. The molecule has 0 amide bonds. The van der Waals surface area contributed by atoms with Crippen LogP contribution in [0.15, 0.2) is 225 Å². The Kier molecular flexibility index (Phi) is 11.9. The molecular formula is C74H56N5OPt-3. The van der Waals surface area contributed by atoms with E-state index in [0.29, 0.717) is 11.5 Å². The van der Waals surface area contributed by atoms with Crippen molar-refractivity contribution in [1.82, 2.24) is 14.1 Å². The second-order valence-corrected chi connectivity index (χ2v) is 23.3. The van der Waals surface area contributed by atoms with Crippen molar-refractivity contribution in [3.63, 3.8) is 0 Å². The number of aromatic nitrogens is 3. The third kappa shape index (κ3) is 8.13. The summed E-state index contributed by atoms with van der Waals surface area (Å²) in [4.78, 5) is 9.69. The van der Waals surface area contributed by atoms with E-state index in [-0.39, 0.29) is 31.9 Å². The first-order valence-corrected chi connectivity index (χ1v) is 27.6. The fourth-order valence-electron chi connectivity index (χ4n) is 12.5. The van der Waals surface area contributed by atoms with E-state index in [1.54, 1.807) is 0 Å². The topological polar surface area (TPSA) is 38.5 Å². The Morgan fingerprint density at radius 3 is 1.89 bits per heavy atom. The van der Waals surface area contributed by atoms with Gasteiger partial charge >= 0.3 is 0 Å². The van der Waals surface area contributed by atoms with Gasteiger partial charge in [-0.15, -0.1) is 48.1 Å². The first-order valence-electron chi connectivity index (χ1n) is 27.6. The zero-order valence-electron chi connectivity index (χ0n) is 45.9. The van der Waals surface area contributed by atoms with Crippen LogP contribution in [-0.2, 0) is 31.9 Å². The third-order valence-corrected chi connectivity index (χ3v) is 16.3. The first-order chi connectivity index (χ1) is 39.0. The molecule has 0 N–H and O–H groups in total. The van der Waals surface area contributed by atoms with Gasteiger partial charge in [-0.25, -0.2) is 4.98 Å². The van der Waals surface area contributed by atoms with Crippen LogP contribution in [0.2, 0.25) is 0 Å². The van der Waals surface area contributed by atoms with Crippen molar-refractivity contribution in [3.8, 4) is 67.5 Å². The summed E-state index contributed by atoms with van der Waals surface area (Å²) < 4.78 is 11.7. The predicted molar refractivity (Wildman–Crippen MR) is 331 cm³/mol. The maximum Gasteiger partial charge on any atom is 0.135 e. The summed E-state index contributed by atoms with van der Waals surface area (Å²) in [5.74, 6) is 1.97. The molecule has 2 aliphatic rings. The SMILES string of the molecule is CC(C)(C)c1cccc(-c2cccc(-c3ccccc3)c2N2[CH-]N(c3[c-]c(Oc4[c-]c5c(cc4)c4c6c(ccc4n5-c4cc(C(C)(C)C)ccn4)-n4c5ccccc5c5cccc(c54)-c4ccccc4-6)ccc3)c3ccccc32)c1.[Pt]. The summed E-state index contributed by atoms with van der Waals surface area (Å²) in [6.45, 7) is 15.8. The molecule has 81 heavy (non-hydrogen) atoms. The van der Waals surface area contributed by atoms with Gasteiger partial charge in [-0.1, -0.05) is 193 Å². The molecule has 0 aliphatic carbocycles.